The minimum absolute atomic E-state index is 0.0141. The smallest absolute Gasteiger partial charge is 0.246 e. The summed E-state index contributed by atoms with van der Waals surface area (Å²) in [5, 5.41) is 0. The monoisotopic (exact) mass is 468 g/mol. The molecule has 0 radical (unpaired) electrons. The Morgan fingerprint density at radius 1 is 0.848 bits per heavy atom. The van der Waals surface area contributed by atoms with E-state index in [2.05, 4.69) is 9.88 Å². The lowest BCUT2D eigenvalue weighted by Crippen LogP contribution is -2.47. The van der Waals surface area contributed by atoms with Crippen LogP contribution in [0.25, 0.3) is 6.08 Å². The highest BCUT2D eigenvalue weighted by Gasteiger charge is 2.25. The van der Waals surface area contributed by atoms with Gasteiger partial charge in [-0.3, -0.25) is 14.7 Å². The fourth-order valence-corrected chi connectivity index (χ4v) is 5.84. The maximum absolute atomic E-state index is 12.9. The quantitative estimate of drug-likeness (QED) is 0.610. The van der Waals surface area contributed by atoms with Crippen LogP contribution in [0.4, 0.5) is 0 Å². The molecule has 4 rings (SSSR count). The Kier molecular flexibility index (Phi) is 7.90. The molecule has 0 aliphatic carbocycles. The standard InChI is InChI=1S/C25H32N4O3S/c30-25(28-19-17-27(18-20-28)21-23-11-13-26-14-12-23)10-7-22-5-8-24(9-6-22)33(31,32)29-15-3-1-2-4-16-29/h5-14H,1-4,15-21H2. The molecule has 0 atom stereocenters. The van der Waals surface area contributed by atoms with Crippen LogP contribution in [0.5, 0.6) is 0 Å². The van der Waals surface area contributed by atoms with E-state index in [9.17, 15) is 13.2 Å². The van der Waals surface area contributed by atoms with Crippen molar-refractivity contribution in [1.29, 1.82) is 0 Å². The second kappa shape index (κ2) is 11.0. The number of carbonyl (C=O) groups excluding carboxylic acids is 1. The first-order valence-corrected chi connectivity index (χ1v) is 13.1. The van der Waals surface area contributed by atoms with E-state index in [1.807, 2.05) is 17.0 Å². The molecule has 0 N–H and O–H groups in total. The van der Waals surface area contributed by atoms with Gasteiger partial charge in [-0.1, -0.05) is 25.0 Å². The van der Waals surface area contributed by atoms with Crippen LogP contribution < -0.4 is 0 Å². The van der Waals surface area contributed by atoms with Crippen molar-refractivity contribution < 1.29 is 13.2 Å². The number of amides is 1. The Hall–Kier alpha value is -2.55. The van der Waals surface area contributed by atoms with Gasteiger partial charge in [0.2, 0.25) is 15.9 Å². The number of benzene rings is 1. The molecule has 176 valence electrons. The Balaban J connectivity index is 1.29. The van der Waals surface area contributed by atoms with Gasteiger partial charge in [0.1, 0.15) is 0 Å². The van der Waals surface area contributed by atoms with Crippen LogP contribution >= 0.6 is 0 Å². The number of nitrogens with zero attached hydrogens (tertiary/aromatic N) is 4. The molecule has 2 aliphatic heterocycles. The first-order valence-electron chi connectivity index (χ1n) is 11.7. The summed E-state index contributed by atoms with van der Waals surface area (Å²) < 4.78 is 27.4. The predicted octanol–water partition coefficient (Wildman–Crippen LogP) is 3.00. The fraction of sp³-hybridized carbons (Fsp3) is 0.440. The zero-order valence-corrected chi connectivity index (χ0v) is 19.8. The molecule has 2 aliphatic rings. The predicted molar refractivity (Wildman–Crippen MR) is 129 cm³/mol. The number of pyridine rings is 1. The molecule has 1 amide bonds. The second-order valence-corrected chi connectivity index (χ2v) is 10.6. The summed E-state index contributed by atoms with van der Waals surface area (Å²) in [6, 6.07) is 10.8. The highest BCUT2D eigenvalue weighted by Crippen LogP contribution is 2.21. The Morgan fingerprint density at radius 2 is 1.48 bits per heavy atom. The van der Waals surface area contributed by atoms with Gasteiger partial charge < -0.3 is 4.90 Å². The lowest BCUT2D eigenvalue weighted by molar-refractivity contribution is -0.127. The SMILES string of the molecule is O=C(C=Cc1ccc(S(=O)(=O)N2CCCCCC2)cc1)N1CCN(Cc2ccncc2)CC1. The summed E-state index contributed by atoms with van der Waals surface area (Å²) in [5.74, 6) is -0.0141. The number of sulfonamides is 1. The molecule has 2 saturated heterocycles. The summed E-state index contributed by atoms with van der Waals surface area (Å²) in [5.41, 5.74) is 2.04. The van der Waals surface area contributed by atoms with Gasteiger partial charge in [0, 0.05) is 64.3 Å². The average Bonchev–Trinajstić information content (AvgIpc) is 3.14. The maximum atomic E-state index is 12.9. The van der Waals surface area contributed by atoms with Gasteiger partial charge in [-0.05, 0) is 54.3 Å². The summed E-state index contributed by atoms with van der Waals surface area (Å²) in [6.45, 7) is 5.12. The van der Waals surface area contributed by atoms with Crippen molar-refractivity contribution in [3.63, 3.8) is 0 Å². The molecule has 1 aromatic carbocycles. The largest absolute Gasteiger partial charge is 0.337 e. The third-order valence-corrected chi connectivity index (χ3v) is 8.25. The molecule has 0 bridgehead atoms. The zero-order valence-electron chi connectivity index (χ0n) is 19.0. The molecule has 3 heterocycles. The van der Waals surface area contributed by atoms with Crippen LogP contribution in [-0.4, -0.2) is 72.7 Å². The van der Waals surface area contributed by atoms with Gasteiger partial charge in [0.05, 0.1) is 4.90 Å². The van der Waals surface area contributed by atoms with Gasteiger partial charge >= 0.3 is 0 Å². The van der Waals surface area contributed by atoms with E-state index in [4.69, 9.17) is 0 Å². The molecule has 7 nitrogen and oxygen atoms in total. The molecule has 2 fully saturated rings. The van der Waals surface area contributed by atoms with E-state index in [0.29, 0.717) is 31.1 Å². The minimum atomic E-state index is -3.45. The summed E-state index contributed by atoms with van der Waals surface area (Å²) >= 11 is 0. The number of carbonyl (C=O) groups is 1. The molecule has 33 heavy (non-hydrogen) atoms. The third-order valence-electron chi connectivity index (χ3n) is 6.34. The Labute approximate surface area is 196 Å². The fourth-order valence-electron chi connectivity index (χ4n) is 4.33. The van der Waals surface area contributed by atoms with Crippen molar-refractivity contribution in [1.82, 2.24) is 19.1 Å². The summed E-state index contributed by atoms with van der Waals surface area (Å²) in [7, 11) is -3.45. The van der Waals surface area contributed by atoms with Crippen molar-refractivity contribution in [2.75, 3.05) is 39.3 Å². The topological polar surface area (TPSA) is 73.8 Å². The highest BCUT2D eigenvalue weighted by atomic mass is 32.2. The van der Waals surface area contributed by atoms with E-state index in [1.54, 1.807) is 53.1 Å². The maximum Gasteiger partial charge on any atom is 0.246 e. The Bertz CT molecular complexity index is 1040. The molecule has 0 saturated carbocycles. The normalized spacial score (nSPS) is 19.0. The number of rotatable bonds is 6. The van der Waals surface area contributed by atoms with Gasteiger partial charge in [-0.2, -0.15) is 4.31 Å². The molecule has 8 heteroatoms. The van der Waals surface area contributed by atoms with Crippen LogP contribution in [0.1, 0.15) is 36.8 Å². The number of aromatic nitrogens is 1. The van der Waals surface area contributed by atoms with Crippen LogP contribution in [0.15, 0.2) is 59.8 Å². The Morgan fingerprint density at radius 3 is 2.12 bits per heavy atom. The lowest BCUT2D eigenvalue weighted by atomic mass is 10.2. The van der Waals surface area contributed by atoms with Crippen molar-refractivity contribution >= 4 is 22.0 Å². The molecular formula is C25H32N4O3S. The number of hydrogen-bond acceptors (Lipinski definition) is 5. The third kappa shape index (κ3) is 6.28. The van der Waals surface area contributed by atoms with Crippen LogP contribution in [0, 0.1) is 0 Å². The van der Waals surface area contributed by atoms with Gasteiger partial charge in [-0.15, -0.1) is 0 Å². The van der Waals surface area contributed by atoms with Crippen LogP contribution in [0.3, 0.4) is 0 Å². The number of hydrogen-bond donors (Lipinski definition) is 0. The van der Waals surface area contributed by atoms with E-state index in [1.165, 1.54) is 5.56 Å². The first kappa shape index (κ1) is 23.6. The van der Waals surface area contributed by atoms with Gasteiger partial charge in [-0.25, -0.2) is 8.42 Å². The van der Waals surface area contributed by atoms with Crippen molar-refractivity contribution in [2.45, 2.75) is 37.1 Å². The minimum Gasteiger partial charge on any atom is -0.337 e. The zero-order chi connectivity index (χ0) is 23.1. The number of piperazine rings is 1. The van der Waals surface area contributed by atoms with Gasteiger partial charge in [0.15, 0.2) is 0 Å². The molecule has 0 unspecified atom stereocenters. The second-order valence-electron chi connectivity index (χ2n) is 8.68. The van der Waals surface area contributed by atoms with E-state index in [0.717, 1.165) is 50.9 Å². The molecule has 1 aromatic heterocycles. The average molecular weight is 469 g/mol. The first-order chi connectivity index (χ1) is 16.0. The van der Waals surface area contributed by atoms with E-state index < -0.39 is 10.0 Å². The van der Waals surface area contributed by atoms with Crippen molar-refractivity contribution in [2.24, 2.45) is 0 Å². The molecular weight excluding hydrogens is 436 g/mol. The molecule has 0 spiro atoms. The van der Waals surface area contributed by atoms with E-state index in [-0.39, 0.29) is 5.91 Å². The highest BCUT2D eigenvalue weighted by molar-refractivity contribution is 7.89. The van der Waals surface area contributed by atoms with Crippen LogP contribution in [-0.2, 0) is 21.4 Å². The summed E-state index contributed by atoms with van der Waals surface area (Å²) in [6.07, 6.45) is 11.0. The molecule has 2 aromatic rings. The lowest BCUT2D eigenvalue weighted by Gasteiger charge is -2.34. The van der Waals surface area contributed by atoms with E-state index >= 15 is 0 Å². The van der Waals surface area contributed by atoms with Crippen molar-refractivity contribution in [3.05, 3.63) is 66.0 Å². The summed E-state index contributed by atoms with van der Waals surface area (Å²) in [4.78, 5) is 21.2. The van der Waals surface area contributed by atoms with Crippen LogP contribution in [0.2, 0.25) is 0 Å². The van der Waals surface area contributed by atoms with Gasteiger partial charge in [0.25, 0.3) is 0 Å². The van der Waals surface area contributed by atoms with Crippen molar-refractivity contribution in [3.8, 4) is 0 Å².